The van der Waals surface area contributed by atoms with Crippen LogP contribution in [0.4, 0.5) is 27.9 Å². The van der Waals surface area contributed by atoms with Crippen LogP contribution < -0.4 is 25.4 Å². The Hall–Kier alpha value is -3.90. The van der Waals surface area contributed by atoms with Crippen LogP contribution in [0, 0.1) is 0 Å². The van der Waals surface area contributed by atoms with E-state index < -0.39 is 27.3 Å². The number of carbonyl (C=O) groups is 1. The highest BCUT2D eigenvalue weighted by Gasteiger charge is 2.22. The molecule has 3 aromatic rings. The smallest absolute Gasteiger partial charge is 0.407 e. The van der Waals surface area contributed by atoms with Crippen molar-refractivity contribution in [2.24, 2.45) is 0 Å². The largest absolute Gasteiger partial charge is 0.494 e. The van der Waals surface area contributed by atoms with Crippen molar-refractivity contribution in [1.29, 1.82) is 0 Å². The number of hydrogen-bond donors (Lipinski definition) is 4. The first-order chi connectivity index (χ1) is 18.7. The van der Waals surface area contributed by atoms with Gasteiger partial charge in [0.2, 0.25) is 16.0 Å². The molecule has 0 aliphatic heterocycles. The van der Waals surface area contributed by atoms with Gasteiger partial charge in [-0.3, -0.25) is 0 Å². The SMILES string of the molecule is CC(C)(C)NS(=O)(=O)c1cccc(Nc2ccnc(Nc3ccc(OCCCNC(=O)OC(C)(C)C)cc3)n2)c1. The van der Waals surface area contributed by atoms with Crippen molar-refractivity contribution in [3.63, 3.8) is 0 Å². The Morgan fingerprint density at radius 2 is 1.65 bits per heavy atom. The summed E-state index contributed by atoms with van der Waals surface area (Å²) in [5, 5.41) is 8.97. The fourth-order valence-electron chi connectivity index (χ4n) is 3.37. The molecule has 0 aliphatic carbocycles. The zero-order chi connectivity index (χ0) is 29.4. The topological polar surface area (TPSA) is 144 Å². The van der Waals surface area contributed by atoms with Crippen LogP contribution in [0.3, 0.4) is 0 Å². The molecular formula is C28H38N6O5S. The molecule has 0 bridgehead atoms. The Labute approximate surface area is 236 Å². The summed E-state index contributed by atoms with van der Waals surface area (Å²) >= 11 is 0. The van der Waals surface area contributed by atoms with E-state index in [1.165, 1.54) is 0 Å². The molecular weight excluding hydrogens is 532 g/mol. The number of carbonyl (C=O) groups excluding carboxylic acids is 1. The van der Waals surface area contributed by atoms with Crippen LogP contribution in [0.1, 0.15) is 48.0 Å². The summed E-state index contributed by atoms with van der Waals surface area (Å²) in [6.45, 7) is 11.7. The van der Waals surface area contributed by atoms with E-state index >= 15 is 0 Å². The average molecular weight is 571 g/mol. The molecule has 0 saturated carbocycles. The molecule has 0 saturated heterocycles. The van der Waals surface area contributed by atoms with Gasteiger partial charge >= 0.3 is 6.09 Å². The monoisotopic (exact) mass is 570 g/mol. The molecule has 0 atom stereocenters. The number of benzene rings is 2. The minimum Gasteiger partial charge on any atom is -0.494 e. The Morgan fingerprint density at radius 3 is 2.33 bits per heavy atom. The second-order valence-corrected chi connectivity index (χ2v) is 12.7. The van der Waals surface area contributed by atoms with E-state index in [9.17, 15) is 13.2 Å². The number of hydrogen-bond acceptors (Lipinski definition) is 9. The van der Waals surface area contributed by atoms with Gasteiger partial charge < -0.3 is 25.4 Å². The van der Waals surface area contributed by atoms with Crippen LogP contribution in [0.2, 0.25) is 0 Å². The van der Waals surface area contributed by atoms with Crippen LogP contribution in [0.15, 0.2) is 65.7 Å². The van der Waals surface area contributed by atoms with Crippen LogP contribution in [-0.2, 0) is 14.8 Å². The van der Waals surface area contributed by atoms with Crippen LogP contribution >= 0.6 is 0 Å². The number of alkyl carbamates (subject to hydrolysis) is 1. The van der Waals surface area contributed by atoms with Crippen molar-refractivity contribution in [1.82, 2.24) is 20.0 Å². The van der Waals surface area contributed by atoms with Gasteiger partial charge in [-0.25, -0.2) is 22.9 Å². The molecule has 0 fully saturated rings. The van der Waals surface area contributed by atoms with Crippen molar-refractivity contribution < 1.29 is 22.7 Å². The van der Waals surface area contributed by atoms with E-state index in [1.54, 1.807) is 57.3 Å². The van der Waals surface area contributed by atoms with Gasteiger partial charge in [-0.05, 0) is 96.5 Å². The molecule has 0 spiro atoms. The summed E-state index contributed by atoms with van der Waals surface area (Å²) in [6, 6.07) is 15.5. The van der Waals surface area contributed by atoms with Crippen molar-refractivity contribution in [2.45, 2.75) is 64.0 Å². The van der Waals surface area contributed by atoms with E-state index in [1.807, 2.05) is 45.0 Å². The maximum atomic E-state index is 12.7. The third-order valence-corrected chi connectivity index (χ3v) is 6.64. The lowest BCUT2D eigenvalue weighted by molar-refractivity contribution is 0.0525. The van der Waals surface area contributed by atoms with Gasteiger partial charge in [-0.1, -0.05) is 6.07 Å². The maximum Gasteiger partial charge on any atom is 0.407 e. The zero-order valence-corrected chi connectivity index (χ0v) is 24.6. The Morgan fingerprint density at radius 1 is 0.925 bits per heavy atom. The van der Waals surface area contributed by atoms with Gasteiger partial charge in [0.25, 0.3) is 0 Å². The quantitative estimate of drug-likeness (QED) is 0.225. The number of ether oxygens (including phenoxy) is 2. The third-order valence-electron chi connectivity index (χ3n) is 4.88. The van der Waals surface area contributed by atoms with E-state index in [4.69, 9.17) is 9.47 Å². The fourth-order valence-corrected chi connectivity index (χ4v) is 4.83. The average Bonchev–Trinajstić information content (AvgIpc) is 2.83. The summed E-state index contributed by atoms with van der Waals surface area (Å²) < 4.78 is 38.9. The lowest BCUT2D eigenvalue weighted by Crippen LogP contribution is -2.40. The van der Waals surface area contributed by atoms with Gasteiger partial charge in [0, 0.05) is 29.7 Å². The first kappa shape index (κ1) is 30.6. The number of aromatic nitrogens is 2. The third kappa shape index (κ3) is 10.7. The van der Waals surface area contributed by atoms with Gasteiger partial charge in [0.1, 0.15) is 17.2 Å². The summed E-state index contributed by atoms with van der Waals surface area (Å²) in [7, 11) is -3.67. The summed E-state index contributed by atoms with van der Waals surface area (Å²) in [5.74, 6) is 1.55. The van der Waals surface area contributed by atoms with Crippen molar-refractivity contribution in [3.05, 3.63) is 60.8 Å². The van der Waals surface area contributed by atoms with Crippen molar-refractivity contribution in [2.75, 3.05) is 23.8 Å². The first-order valence-corrected chi connectivity index (χ1v) is 14.4. The highest BCUT2D eigenvalue weighted by molar-refractivity contribution is 7.89. The fraction of sp³-hybridized carbons (Fsp3) is 0.393. The Bertz CT molecular complexity index is 1380. The van der Waals surface area contributed by atoms with Gasteiger partial charge in [0.05, 0.1) is 11.5 Å². The predicted octanol–water partition coefficient (Wildman–Crippen LogP) is 5.33. The van der Waals surface area contributed by atoms with E-state index in [2.05, 4.69) is 30.6 Å². The highest BCUT2D eigenvalue weighted by atomic mass is 32.2. The normalized spacial score (nSPS) is 11.9. The molecule has 4 N–H and O–H groups in total. The molecule has 1 heterocycles. The zero-order valence-electron chi connectivity index (χ0n) is 23.7. The second-order valence-electron chi connectivity index (χ2n) is 11.1. The lowest BCUT2D eigenvalue weighted by atomic mass is 10.1. The highest BCUT2D eigenvalue weighted by Crippen LogP contribution is 2.22. The van der Waals surface area contributed by atoms with E-state index in [0.29, 0.717) is 42.8 Å². The first-order valence-electron chi connectivity index (χ1n) is 12.9. The summed E-state index contributed by atoms with van der Waals surface area (Å²) in [5.41, 5.74) is 0.211. The van der Waals surface area contributed by atoms with Gasteiger partial charge in [0.15, 0.2) is 0 Å². The Balaban J connectivity index is 1.52. The standard InChI is InChI=1S/C28H38N6O5S/c1-27(2,3)34-40(36,37)23-10-7-9-21(19-23)31-24-15-17-29-25(33-24)32-20-11-13-22(14-12-20)38-18-8-16-30-26(35)39-28(4,5)6/h7,9-15,17,19,34H,8,16,18H2,1-6H3,(H,30,35)(H2,29,31,32,33). The number of nitrogens with zero attached hydrogens (tertiary/aromatic N) is 2. The van der Waals surface area contributed by atoms with E-state index in [0.717, 1.165) is 5.69 Å². The number of rotatable bonds is 11. The molecule has 2 aromatic carbocycles. The van der Waals surface area contributed by atoms with Crippen LogP contribution in [0.5, 0.6) is 5.75 Å². The predicted molar refractivity (Wildman–Crippen MR) is 156 cm³/mol. The number of sulfonamides is 1. The van der Waals surface area contributed by atoms with Gasteiger partial charge in [-0.2, -0.15) is 4.98 Å². The molecule has 1 amide bonds. The maximum absolute atomic E-state index is 12.7. The van der Waals surface area contributed by atoms with Crippen LogP contribution in [-0.4, -0.2) is 48.8 Å². The van der Waals surface area contributed by atoms with Gasteiger partial charge in [-0.15, -0.1) is 0 Å². The molecule has 0 radical (unpaired) electrons. The number of anilines is 4. The molecule has 0 aliphatic rings. The Kier molecular flexibility index (Phi) is 9.93. The molecule has 12 heteroatoms. The summed E-state index contributed by atoms with van der Waals surface area (Å²) in [6.07, 6.45) is 1.79. The number of amides is 1. The number of nitrogens with one attached hydrogen (secondary N) is 4. The van der Waals surface area contributed by atoms with Crippen molar-refractivity contribution >= 4 is 39.3 Å². The second kappa shape index (κ2) is 13.0. The van der Waals surface area contributed by atoms with Crippen LogP contribution in [0.25, 0.3) is 0 Å². The lowest BCUT2D eigenvalue weighted by Gasteiger charge is -2.20. The molecule has 40 heavy (non-hydrogen) atoms. The van der Waals surface area contributed by atoms with Crippen molar-refractivity contribution in [3.8, 4) is 5.75 Å². The molecule has 3 rings (SSSR count). The van der Waals surface area contributed by atoms with E-state index in [-0.39, 0.29) is 4.90 Å². The molecule has 1 aromatic heterocycles. The molecule has 11 nitrogen and oxygen atoms in total. The summed E-state index contributed by atoms with van der Waals surface area (Å²) in [4.78, 5) is 20.5. The molecule has 216 valence electrons. The minimum absolute atomic E-state index is 0.154. The molecule has 0 unspecified atom stereocenters. The minimum atomic E-state index is -3.67.